The lowest BCUT2D eigenvalue weighted by Crippen LogP contribution is -2.55. The number of hydrogen-bond donors (Lipinski definition) is 7. The number of benzene rings is 2. The van der Waals surface area contributed by atoms with E-state index in [4.69, 9.17) is 11.5 Å². The van der Waals surface area contributed by atoms with Crippen LogP contribution in [0.5, 0.6) is 5.75 Å². The van der Waals surface area contributed by atoms with Crippen LogP contribution >= 0.6 is 0 Å². The van der Waals surface area contributed by atoms with Crippen molar-refractivity contribution >= 4 is 35.2 Å². The molecule has 1 saturated heterocycles. The Kier molecular flexibility index (Phi) is 11.1. The molecule has 218 valence electrons. The van der Waals surface area contributed by atoms with E-state index in [-0.39, 0.29) is 38.1 Å². The second kappa shape index (κ2) is 14.7. The average Bonchev–Trinajstić information content (AvgIpc) is 2.94. The van der Waals surface area contributed by atoms with Crippen LogP contribution in [-0.2, 0) is 41.6 Å². The van der Waals surface area contributed by atoms with Gasteiger partial charge in [0.25, 0.3) is 0 Å². The van der Waals surface area contributed by atoms with E-state index in [1.807, 2.05) is 0 Å². The molecule has 3 rings (SSSR count). The van der Waals surface area contributed by atoms with E-state index in [1.54, 1.807) is 42.5 Å². The van der Waals surface area contributed by atoms with Crippen molar-refractivity contribution in [2.75, 3.05) is 6.67 Å². The Morgan fingerprint density at radius 3 is 1.88 bits per heavy atom. The Balaban J connectivity index is 1.98. The highest BCUT2D eigenvalue weighted by Gasteiger charge is 2.36. The monoisotopic (exact) mass is 566 g/mol. The first kappa shape index (κ1) is 30.9. The molecule has 2 aromatic rings. The average molecular weight is 567 g/mol. The first-order chi connectivity index (χ1) is 19.5. The molecule has 0 radical (unpaired) electrons. The molecule has 13 heteroatoms. The minimum Gasteiger partial charge on any atom is -0.508 e. The fourth-order valence-corrected chi connectivity index (χ4v) is 4.39. The van der Waals surface area contributed by atoms with Crippen molar-refractivity contribution in [3.8, 4) is 5.75 Å². The molecule has 1 aliphatic heterocycles. The summed E-state index contributed by atoms with van der Waals surface area (Å²) < 4.78 is 0. The van der Waals surface area contributed by atoms with Gasteiger partial charge in [-0.1, -0.05) is 42.5 Å². The number of amides is 4. The Bertz CT molecular complexity index is 1270. The first-order valence-corrected chi connectivity index (χ1v) is 13.1. The molecule has 13 nitrogen and oxygen atoms in total. The van der Waals surface area contributed by atoms with Crippen LogP contribution in [0, 0.1) is 0 Å². The molecule has 1 fully saturated rings. The van der Waals surface area contributed by atoms with Gasteiger partial charge in [-0.25, -0.2) is 0 Å². The highest BCUT2D eigenvalue weighted by atomic mass is 16.3. The molecule has 1 aliphatic rings. The number of hydrogen-bond acceptors (Lipinski definition) is 9. The number of carbonyl (C=O) groups excluding carboxylic acids is 6. The summed E-state index contributed by atoms with van der Waals surface area (Å²) >= 11 is 0. The van der Waals surface area contributed by atoms with Crippen LogP contribution in [0.3, 0.4) is 0 Å². The Labute approximate surface area is 236 Å². The van der Waals surface area contributed by atoms with Crippen LogP contribution in [0.4, 0.5) is 0 Å². The maximum Gasteiger partial charge on any atom is 0.238 e. The van der Waals surface area contributed by atoms with Gasteiger partial charge in [0.2, 0.25) is 35.2 Å². The SMILES string of the molecule is NC(=O)CC[C@@H]1NC(=O)[C@H](CC(N)=O)NCN[C@@H](Cc2ccc(O)cc2)C(=O)N[C@@H](Cc2ccccc2)C(=O)C1=O. The number of nitrogens with two attached hydrogens (primary N) is 2. The molecule has 0 saturated carbocycles. The van der Waals surface area contributed by atoms with Crippen LogP contribution in [0.15, 0.2) is 54.6 Å². The summed E-state index contributed by atoms with van der Waals surface area (Å²) in [6, 6.07) is 10.1. The Morgan fingerprint density at radius 2 is 1.24 bits per heavy atom. The van der Waals surface area contributed by atoms with Gasteiger partial charge in [-0.05, 0) is 36.1 Å². The molecule has 41 heavy (non-hydrogen) atoms. The van der Waals surface area contributed by atoms with E-state index in [0.717, 1.165) is 0 Å². The van der Waals surface area contributed by atoms with Gasteiger partial charge in [0.05, 0.1) is 30.6 Å². The van der Waals surface area contributed by atoms with E-state index in [9.17, 15) is 33.9 Å². The molecular formula is C28H34N6O7. The van der Waals surface area contributed by atoms with Crippen molar-refractivity contribution in [1.82, 2.24) is 21.3 Å². The number of ketones is 2. The van der Waals surface area contributed by atoms with Crippen LogP contribution < -0.4 is 32.7 Å². The summed E-state index contributed by atoms with van der Waals surface area (Å²) in [6.45, 7) is -0.126. The minimum atomic E-state index is -1.43. The molecule has 0 spiro atoms. The zero-order valence-corrected chi connectivity index (χ0v) is 22.3. The fourth-order valence-electron chi connectivity index (χ4n) is 4.39. The van der Waals surface area contributed by atoms with Gasteiger partial charge in [-0.2, -0.15) is 0 Å². The van der Waals surface area contributed by atoms with Crippen molar-refractivity contribution in [3.63, 3.8) is 0 Å². The zero-order chi connectivity index (χ0) is 29.9. The van der Waals surface area contributed by atoms with Crippen molar-refractivity contribution in [1.29, 1.82) is 0 Å². The molecule has 0 aromatic heterocycles. The van der Waals surface area contributed by atoms with Gasteiger partial charge < -0.3 is 27.2 Å². The maximum atomic E-state index is 13.6. The van der Waals surface area contributed by atoms with Crippen LogP contribution in [-0.4, -0.2) is 71.1 Å². The third kappa shape index (κ3) is 9.51. The summed E-state index contributed by atoms with van der Waals surface area (Å²) in [5, 5.41) is 20.5. The van der Waals surface area contributed by atoms with Crippen LogP contribution in [0.25, 0.3) is 0 Å². The smallest absolute Gasteiger partial charge is 0.238 e. The quantitative estimate of drug-likeness (QED) is 0.172. The molecule has 2 aromatic carbocycles. The molecule has 0 aliphatic carbocycles. The van der Waals surface area contributed by atoms with E-state index in [1.165, 1.54) is 12.1 Å². The number of nitrogens with one attached hydrogen (secondary N) is 4. The zero-order valence-electron chi connectivity index (χ0n) is 22.3. The molecular weight excluding hydrogens is 532 g/mol. The highest BCUT2D eigenvalue weighted by molar-refractivity contribution is 6.41. The molecule has 4 atom stereocenters. The van der Waals surface area contributed by atoms with Gasteiger partial charge in [0.1, 0.15) is 5.75 Å². The first-order valence-electron chi connectivity index (χ1n) is 13.1. The minimum absolute atomic E-state index is 0.0118. The number of aromatic hydroxyl groups is 1. The summed E-state index contributed by atoms with van der Waals surface area (Å²) in [7, 11) is 0. The number of carbonyl (C=O) groups is 6. The third-order valence-corrected chi connectivity index (χ3v) is 6.58. The summed E-state index contributed by atoms with van der Waals surface area (Å²) in [5.41, 5.74) is 11.9. The predicted molar refractivity (Wildman–Crippen MR) is 147 cm³/mol. The van der Waals surface area contributed by atoms with E-state index >= 15 is 0 Å². The lowest BCUT2D eigenvalue weighted by molar-refractivity contribution is -0.141. The Morgan fingerprint density at radius 1 is 0.707 bits per heavy atom. The normalized spacial score (nSPS) is 22.4. The summed E-state index contributed by atoms with van der Waals surface area (Å²) in [6.07, 6.45) is -0.889. The van der Waals surface area contributed by atoms with Crippen LogP contribution in [0.2, 0.25) is 0 Å². The number of phenolic OH excluding ortho intramolecular Hbond substituents is 1. The molecule has 4 amide bonds. The van der Waals surface area contributed by atoms with Crippen molar-refractivity contribution < 1.29 is 33.9 Å². The molecule has 9 N–H and O–H groups in total. The maximum absolute atomic E-state index is 13.6. The van der Waals surface area contributed by atoms with Crippen molar-refractivity contribution in [2.24, 2.45) is 11.5 Å². The predicted octanol–water partition coefficient (Wildman–Crippen LogP) is -1.69. The highest BCUT2D eigenvalue weighted by Crippen LogP contribution is 2.13. The van der Waals surface area contributed by atoms with Gasteiger partial charge in [-0.15, -0.1) is 0 Å². The summed E-state index contributed by atoms with van der Waals surface area (Å²) in [5.74, 6) is -4.90. The Hall–Kier alpha value is -4.62. The molecule has 0 bridgehead atoms. The molecule has 1 heterocycles. The van der Waals surface area contributed by atoms with Gasteiger partial charge in [-0.3, -0.25) is 39.4 Å². The van der Waals surface area contributed by atoms with Gasteiger partial charge in [0.15, 0.2) is 0 Å². The van der Waals surface area contributed by atoms with Gasteiger partial charge >= 0.3 is 0 Å². The fraction of sp³-hybridized carbons (Fsp3) is 0.357. The van der Waals surface area contributed by atoms with Crippen molar-refractivity contribution in [2.45, 2.75) is 56.3 Å². The summed E-state index contributed by atoms with van der Waals surface area (Å²) in [4.78, 5) is 76.7. The topological polar surface area (TPSA) is 223 Å². The van der Waals surface area contributed by atoms with Crippen molar-refractivity contribution in [3.05, 3.63) is 65.7 Å². The van der Waals surface area contributed by atoms with Crippen LogP contribution in [0.1, 0.15) is 30.4 Å². The number of primary amides is 2. The molecule has 0 unspecified atom stereocenters. The van der Waals surface area contributed by atoms with E-state index in [0.29, 0.717) is 11.1 Å². The van der Waals surface area contributed by atoms with E-state index < -0.39 is 65.8 Å². The number of Topliss-reactive ketones (excluding diaryl/α,β-unsaturated/α-hetero) is 2. The lowest BCUT2D eigenvalue weighted by Gasteiger charge is -2.24. The number of rotatable bonds is 9. The lowest BCUT2D eigenvalue weighted by atomic mass is 9.94. The van der Waals surface area contributed by atoms with E-state index in [2.05, 4.69) is 21.3 Å². The second-order valence-corrected chi connectivity index (χ2v) is 9.78. The number of phenols is 1. The second-order valence-electron chi connectivity index (χ2n) is 9.78. The third-order valence-electron chi connectivity index (χ3n) is 6.58. The van der Waals surface area contributed by atoms with Gasteiger partial charge in [0, 0.05) is 19.5 Å². The largest absolute Gasteiger partial charge is 0.508 e. The standard InChI is InChI=1S/C28H34N6O7/c29-23(36)11-10-19-25(38)26(39)20(12-16-4-2-1-3-5-16)34-27(40)21(13-17-6-8-18(35)9-7-17)31-15-32-22(14-24(30)37)28(41)33-19/h1-9,19-22,31-32,35H,10-15H2,(H2,29,36)(H2,30,37)(H,33,41)(H,34,40)/t19-,20-,21-,22-/m0/s1.